The maximum absolute atomic E-state index is 9.48. The van der Waals surface area contributed by atoms with E-state index in [4.69, 9.17) is 11.6 Å². The molecule has 2 aromatic carbocycles. The maximum Gasteiger partial charge on any atom is 0.117 e. The molecule has 3 nitrogen and oxygen atoms in total. The lowest BCUT2D eigenvalue weighted by molar-refractivity contribution is 0.226. The number of rotatable bonds is 7. The van der Waals surface area contributed by atoms with Crippen molar-refractivity contribution in [3.63, 3.8) is 0 Å². The molecule has 0 aliphatic carbocycles. The summed E-state index contributed by atoms with van der Waals surface area (Å²) in [6.07, 6.45) is 0. The Morgan fingerprint density at radius 2 is 1.58 bits per heavy atom. The van der Waals surface area contributed by atoms with E-state index >= 15 is 0 Å². The van der Waals surface area contributed by atoms with Gasteiger partial charge in [-0.1, -0.05) is 61.8 Å². The van der Waals surface area contributed by atoms with Crippen LogP contribution in [0, 0.1) is 0 Å². The van der Waals surface area contributed by atoms with Crippen LogP contribution < -0.4 is 0 Å². The quantitative estimate of drug-likeness (QED) is 0.789. The molecular formula is C20H29ClN2O. The van der Waals surface area contributed by atoms with E-state index in [0.717, 1.165) is 31.7 Å². The van der Waals surface area contributed by atoms with Crippen LogP contribution in [0.4, 0.5) is 0 Å². The molecule has 2 aromatic rings. The fraction of sp³-hybridized carbons (Fsp3) is 0.400. The first kappa shape index (κ1) is 20.5. The summed E-state index contributed by atoms with van der Waals surface area (Å²) in [7, 11) is 4.16. The highest BCUT2D eigenvalue weighted by Crippen LogP contribution is 2.23. The fourth-order valence-corrected chi connectivity index (χ4v) is 2.54. The van der Waals surface area contributed by atoms with E-state index in [1.807, 2.05) is 26.0 Å². The molecule has 1 N–H and O–H groups in total. The van der Waals surface area contributed by atoms with Gasteiger partial charge in [0.2, 0.25) is 0 Å². The van der Waals surface area contributed by atoms with Gasteiger partial charge in [-0.25, -0.2) is 0 Å². The minimum atomic E-state index is 0.205. The van der Waals surface area contributed by atoms with Crippen molar-refractivity contribution in [3.8, 4) is 5.75 Å². The van der Waals surface area contributed by atoms with Crippen LogP contribution in [0.25, 0.3) is 0 Å². The van der Waals surface area contributed by atoms with E-state index in [1.54, 1.807) is 12.1 Å². The average molecular weight is 349 g/mol. The van der Waals surface area contributed by atoms with Crippen LogP contribution in [0.15, 0.2) is 48.5 Å². The summed E-state index contributed by atoms with van der Waals surface area (Å²) >= 11 is 6.24. The Morgan fingerprint density at radius 1 is 0.917 bits per heavy atom. The van der Waals surface area contributed by atoms with Gasteiger partial charge in [0.15, 0.2) is 0 Å². The molecule has 0 spiro atoms. The summed E-state index contributed by atoms with van der Waals surface area (Å²) in [6, 6.07) is 15.6. The molecule has 0 saturated carbocycles. The number of likely N-dealkylation sites (N-methyl/N-ethyl adjacent to an activating group) is 1. The van der Waals surface area contributed by atoms with Gasteiger partial charge in [-0.15, -0.1) is 0 Å². The number of hydrogen-bond donors (Lipinski definition) is 1. The molecule has 0 radical (unpaired) electrons. The molecule has 0 bridgehead atoms. The smallest absolute Gasteiger partial charge is 0.117 e. The second kappa shape index (κ2) is 11.1. The number of phenols is 1. The number of halogens is 1. The number of hydrogen-bond acceptors (Lipinski definition) is 3. The third-order valence-electron chi connectivity index (χ3n) is 3.54. The standard InChI is InChI=1S/C18H23ClN2O.C2H6/c1-20(2)10-11-21(13-15-6-4-3-5-7-15)14-16-8-9-17(22)12-18(16)19;1-2/h3-9,12,22H,10-11,13-14H2,1-2H3;1-2H3. The molecule has 24 heavy (non-hydrogen) atoms. The minimum Gasteiger partial charge on any atom is -0.508 e. The average Bonchev–Trinajstić information content (AvgIpc) is 2.58. The minimum absolute atomic E-state index is 0.205. The molecule has 0 saturated heterocycles. The third kappa shape index (κ3) is 7.35. The van der Waals surface area contributed by atoms with E-state index in [2.05, 4.69) is 48.2 Å². The van der Waals surface area contributed by atoms with E-state index in [0.29, 0.717) is 5.02 Å². The summed E-state index contributed by atoms with van der Waals surface area (Å²) in [6.45, 7) is 7.59. The zero-order valence-corrected chi connectivity index (χ0v) is 15.9. The van der Waals surface area contributed by atoms with Crippen LogP contribution in [0.2, 0.25) is 5.02 Å². The molecule has 0 heterocycles. The molecule has 0 aliphatic rings. The summed E-state index contributed by atoms with van der Waals surface area (Å²) in [5.74, 6) is 0.205. The summed E-state index contributed by atoms with van der Waals surface area (Å²) in [5.41, 5.74) is 2.32. The van der Waals surface area contributed by atoms with Crippen LogP contribution in [0.3, 0.4) is 0 Å². The SMILES string of the molecule is CC.CN(C)CCN(Cc1ccccc1)Cc1ccc(O)cc1Cl. The number of aromatic hydroxyl groups is 1. The van der Waals surface area contributed by atoms with Crippen molar-refractivity contribution in [3.05, 3.63) is 64.7 Å². The highest BCUT2D eigenvalue weighted by atomic mass is 35.5. The Labute approximate surface area is 151 Å². The second-order valence-corrected chi connectivity index (χ2v) is 6.18. The van der Waals surface area contributed by atoms with Crippen LogP contribution in [0.5, 0.6) is 5.75 Å². The molecule has 0 aromatic heterocycles. The van der Waals surface area contributed by atoms with E-state index in [1.165, 1.54) is 5.56 Å². The van der Waals surface area contributed by atoms with Gasteiger partial charge in [-0.2, -0.15) is 0 Å². The molecule has 2 rings (SSSR count). The maximum atomic E-state index is 9.48. The lowest BCUT2D eigenvalue weighted by Gasteiger charge is -2.25. The predicted octanol–water partition coefficient (Wildman–Crippen LogP) is 4.64. The highest BCUT2D eigenvalue weighted by Gasteiger charge is 2.10. The molecule has 0 aliphatic heterocycles. The molecule has 0 atom stereocenters. The van der Waals surface area contributed by atoms with Crippen LogP contribution in [-0.4, -0.2) is 42.1 Å². The Hall–Kier alpha value is -1.55. The van der Waals surface area contributed by atoms with E-state index in [9.17, 15) is 5.11 Å². The highest BCUT2D eigenvalue weighted by molar-refractivity contribution is 6.31. The van der Waals surface area contributed by atoms with Gasteiger partial charge in [0.05, 0.1) is 0 Å². The number of phenolic OH excluding ortho intramolecular Hbond substituents is 1. The molecule has 132 valence electrons. The van der Waals surface area contributed by atoms with Crippen molar-refractivity contribution in [1.82, 2.24) is 9.80 Å². The lowest BCUT2D eigenvalue weighted by atomic mass is 10.1. The van der Waals surface area contributed by atoms with E-state index in [-0.39, 0.29) is 5.75 Å². The van der Waals surface area contributed by atoms with Crippen molar-refractivity contribution in [2.45, 2.75) is 26.9 Å². The van der Waals surface area contributed by atoms with Crippen LogP contribution in [-0.2, 0) is 13.1 Å². The largest absolute Gasteiger partial charge is 0.508 e. The van der Waals surface area contributed by atoms with E-state index < -0.39 is 0 Å². The Morgan fingerprint density at radius 3 is 2.17 bits per heavy atom. The number of nitrogens with zero attached hydrogens (tertiary/aromatic N) is 2. The van der Waals surface area contributed by atoms with Crippen molar-refractivity contribution in [2.24, 2.45) is 0 Å². The Bertz CT molecular complexity index is 587. The Balaban J connectivity index is 0.00000139. The van der Waals surface area contributed by atoms with Gasteiger partial charge in [-0.3, -0.25) is 4.90 Å². The fourth-order valence-electron chi connectivity index (χ4n) is 2.30. The Kier molecular flexibility index (Phi) is 9.46. The summed E-state index contributed by atoms with van der Waals surface area (Å²) in [5, 5.41) is 10.1. The normalized spacial score (nSPS) is 10.6. The molecule has 0 unspecified atom stereocenters. The van der Waals surface area contributed by atoms with Gasteiger partial charge in [0.25, 0.3) is 0 Å². The first-order valence-electron chi connectivity index (χ1n) is 8.43. The first-order valence-corrected chi connectivity index (χ1v) is 8.81. The molecule has 0 fully saturated rings. The van der Waals surface area contributed by atoms with Gasteiger partial charge in [0.1, 0.15) is 5.75 Å². The lowest BCUT2D eigenvalue weighted by Crippen LogP contribution is -2.31. The van der Waals surface area contributed by atoms with Crippen molar-refractivity contribution >= 4 is 11.6 Å². The van der Waals surface area contributed by atoms with Crippen LogP contribution in [0.1, 0.15) is 25.0 Å². The predicted molar refractivity (Wildman–Crippen MR) is 104 cm³/mol. The monoisotopic (exact) mass is 348 g/mol. The first-order chi connectivity index (χ1) is 11.5. The van der Waals surface area contributed by atoms with Crippen LogP contribution >= 0.6 is 11.6 Å². The molecule has 0 amide bonds. The van der Waals surface area contributed by atoms with Crippen molar-refractivity contribution < 1.29 is 5.11 Å². The summed E-state index contributed by atoms with van der Waals surface area (Å²) < 4.78 is 0. The summed E-state index contributed by atoms with van der Waals surface area (Å²) in [4.78, 5) is 4.55. The van der Waals surface area contributed by atoms with Gasteiger partial charge in [0, 0.05) is 31.2 Å². The third-order valence-corrected chi connectivity index (χ3v) is 3.89. The van der Waals surface area contributed by atoms with Gasteiger partial charge < -0.3 is 10.0 Å². The topological polar surface area (TPSA) is 26.7 Å². The molecular weight excluding hydrogens is 320 g/mol. The zero-order valence-electron chi connectivity index (χ0n) is 15.2. The zero-order chi connectivity index (χ0) is 17.9. The van der Waals surface area contributed by atoms with Gasteiger partial charge >= 0.3 is 0 Å². The molecule has 4 heteroatoms. The number of benzene rings is 2. The van der Waals surface area contributed by atoms with Crippen molar-refractivity contribution in [1.29, 1.82) is 0 Å². The van der Waals surface area contributed by atoms with Crippen molar-refractivity contribution in [2.75, 3.05) is 27.2 Å². The van der Waals surface area contributed by atoms with Gasteiger partial charge in [-0.05, 0) is 37.4 Å². The second-order valence-electron chi connectivity index (χ2n) is 5.78.